The summed E-state index contributed by atoms with van der Waals surface area (Å²) in [7, 11) is 1.87. The van der Waals surface area contributed by atoms with E-state index in [1.54, 1.807) is 12.3 Å². The molecular weight excluding hydrogens is 226 g/mol. The van der Waals surface area contributed by atoms with E-state index in [9.17, 15) is 4.79 Å². The van der Waals surface area contributed by atoms with Crippen LogP contribution < -0.4 is 5.73 Å². The highest BCUT2D eigenvalue weighted by Crippen LogP contribution is 2.27. The van der Waals surface area contributed by atoms with E-state index in [-0.39, 0.29) is 11.9 Å². The van der Waals surface area contributed by atoms with Gasteiger partial charge in [-0.3, -0.25) is 9.78 Å². The SMILES string of the molecule is CN(C(=O)c1ccccn1)C1CCCCC1CN. The number of nitrogens with two attached hydrogens (primary N) is 1. The van der Waals surface area contributed by atoms with Crippen LogP contribution in [0.5, 0.6) is 0 Å². The number of rotatable bonds is 3. The average molecular weight is 247 g/mol. The molecule has 0 aromatic carbocycles. The second kappa shape index (κ2) is 5.96. The van der Waals surface area contributed by atoms with Gasteiger partial charge in [-0.15, -0.1) is 0 Å². The topological polar surface area (TPSA) is 59.2 Å². The molecule has 0 spiro atoms. The van der Waals surface area contributed by atoms with E-state index in [0.717, 1.165) is 12.8 Å². The Morgan fingerprint density at radius 2 is 2.22 bits per heavy atom. The molecular formula is C14H21N3O. The number of carbonyl (C=O) groups excluding carboxylic acids is 1. The lowest BCUT2D eigenvalue weighted by molar-refractivity contribution is 0.0614. The van der Waals surface area contributed by atoms with Crippen molar-refractivity contribution in [3.05, 3.63) is 30.1 Å². The van der Waals surface area contributed by atoms with Crippen LogP contribution >= 0.6 is 0 Å². The first-order valence-corrected chi connectivity index (χ1v) is 6.62. The normalized spacial score (nSPS) is 23.7. The summed E-state index contributed by atoms with van der Waals surface area (Å²) in [4.78, 5) is 18.3. The summed E-state index contributed by atoms with van der Waals surface area (Å²) in [5.74, 6) is 0.428. The van der Waals surface area contributed by atoms with Crippen LogP contribution in [0, 0.1) is 5.92 Å². The Hall–Kier alpha value is -1.42. The Bertz CT molecular complexity index is 393. The summed E-state index contributed by atoms with van der Waals surface area (Å²) in [6.07, 6.45) is 6.24. The number of amides is 1. The number of hydrogen-bond donors (Lipinski definition) is 1. The molecule has 1 aromatic heterocycles. The van der Waals surface area contributed by atoms with Crippen molar-refractivity contribution in [2.24, 2.45) is 11.7 Å². The molecule has 0 bridgehead atoms. The minimum Gasteiger partial charge on any atom is -0.337 e. The second-order valence-electron chi connectivity index (χ2n) is 4.98. The lowest BCUT2D eigenvalue weighted by Crippen LogP contribution is -2.46. The molecule has 2 atom stereocenters. The van der Waals surface area contributed by atoms with Crippen LogP contribution in [0.2, 0.25) is 0 Å². The van der Waals surface area contributed by atoms with E-state index >= 15 is 0 Å². The van der Waals surface area contributed by atoms with Crippen molar-refractivity contribution in [3.8, 4) is 0 Å². The van der Waals surface area contributed by atoms with Crippen molar-refractivity contribution in [1.82, 2.24) is 9.88 Å². The molecule has 1 heterocycles. The van der Waals surface area contributed by atoms with Gasteiger partial charge in [0.2, 0.25) is 0 Å². The third-order valence-corrected chi connectivity index (χ3v) is 3.87. The predicted molar refractivity (Wildman–Crippen MR) is 71.1 cm³/mol. The van der Waals surface area contributed by atoms with Crippen LogP contribution in [0.25, 0.3) is 0 Å². The summed E-state index contributed by atoms with van der Waals surface area (Å²) in [5, 5.41) is 0. The highest BCUT2D eigenvalue weighted by atomic mass is 16.2. The summed E-state index contributed by atoms with van der Waals surface area (Å²) in [6, 6.07) is 5.69. The van der Waals surface area contributed by atoms with Gasteiger partial charge < -0.3 is 10.6 Å². The zero-order valence-electron chi connectivity index (χ0n) is 10.9. The number of nitrogens with zero attached hydrogens (tertiary/aromatic N) is 2. The van der Waals surface area contributed by atoms with Crippen LogP contribution in [0.4, 0.5) is 0 Å². The molecule has 98 valence electrons. The third kappa shape index (κ3) is 2.70. The summed E-state index contributed by atoms with van der Waals surface area (Å²) < 4.78 is 0. The molecule has 2 unspecified atom stereocenters. The number of hydrogen-bond acceptors (Lipinski definition) is 3. The van der Waals surface area contributed by atoms with Crippen molar-refractivity contribution in [1.29, 1.82) is 0 Å². The van der Waals surface area contributed by atoms with Crippen LogP contribution in [-0.4, -0.2) is 35.4 Å². The molecule has 4 heteroatoms. The molecule has 2 N–H and O–H groups in total. The zero-order chi connectivity index (χ0) is 13.0. The van der Waals surface area contributed by atoms with Crippen molar-refractivity contribution in [2.45, 2.75) is 31.7 Å². The molecule has 0 saturated heterocycles. The maximum Gasteiger partial charge on any atom is 0.272 e. The van der Waals surface area contributed by atoms with Gasteiger partial charge >= 0.3 is 0 Å². The summed E-state index contributed by atoms with van der Waals surface area (Å²) in [6.45, 7) is 0.657. The molecule has 1 fully saturated rings. The van der Waals surface area contributed by atoms with Crippen LogP contribution in [-0.2, 0) is 0 Å². The fraction of sp³-hybridized carbons (Fsp3) is 0.571. The first-order chi connectivity index (χ1) is 8.74. The first kappa shape index (κ1) is 13.0. The van der Waals surface area contributed by atoms with Gasteiger partial charge in [0, 0.05) is 19.3 Å². The van der Waals surface area contributed by atoms with Gasteiger partial charge in [-0.25, -0.2) is 0 Å². The maximum atomic E-state index is 12.3. The molecule has 0 aliphatic heterocycles. The fourth-order valence-electron chi connectivity index (χ4n) is 2.79. The van der Waals surface area contributed by atoms with Crippen LogP contribution in [0.15, 0.2) is 24.4 Å². The Kier molecular flexibility index (Phi) is 4.31. The largest absolute Gasteiger partial charge is 0.337 e. The van der Waals surface area contributed by atoms with Gasteiger partial charge in [0.25, 0.3) is 5.91 Å². The minimum absolute atomic E-state index is 0.000880. The predicted octanol–water partition coefficient (Wildman–Crippen LogP) is 1.67. The maximum absolute atomic E-state index is 12.3. The third-order valence-electron chi connectivity index (χ3n) is 3.87. The van der Waals surface area contributed by atoms with Crippen LogP contribution in [0.3, 0.4) is 0 Å². The molecule has 0 radical (unpaired) electrons. The Morgan fingerprint density at radius 1 is 1.44 bits per heavy atom. The van der Waals surface area contributed by atoms with E-state index in [2.05, 4.69) is 4.98 Å². The fourth-order valence-corrected chi connectivity index (χ4v) is 2.79. The Labute approximate surface area is 108 Å². The lowest BCUT2D eigenvalue weighted by Gasteiger charge is -2.37. The smallest absolute Gasteiger partial charge is 0.272 e. The van der Waals surface area contributed by atoms with Gasteiger partial charge in [-0.2, -0.15) is 0 Å². The van der Waals surface area contributed by atoms with E-state index < -0.39 is 0 Å². The van der Waals surface area contributed by atoms with Crippen molar-refractivity contribution >= 4 is 5.91 Å². The molecule has 1 saturated carbocycles. The number of carbonyl (C=O) groups is 1. The molecule has 2 rings (SSSR count). The molecule has 1 aromatic rings. The monoisotopic (exact) mass is 247 g/mol. The molecule has 1 aliphatic carbocycles. The van der Waals surface area contributed by atoms with E-state index in [1.807, 2.05) is 24.1 Å². The van der Waals surface area contributed by atoms with Gasteiger partial charge in [0.1, 0.15) is 5.69 Å². The second-order valence-corrected chi connectivity index (χ2v) is 4.98. The average Bonchev–Trinajstić information content (AvgIpc) is 2.46. The van der Waals surface area contributed by atoms with Crippen molar-refractivity contribution in [2.75, 3.05) is 13.6 Å². The molecule has 1 aliphatic rings. The van der Waals surface area contributed by atoms with E-state index in [1.165, 1.54) is 12.8 Å². The standard InChI is InChI=1S/C14H21N3O/c1-17(13-8-3-2-6-11(13)10-15)14(18)12-7-4-5-9-16-12/h4-5,7,9,11,13H,2-3,6,8,10,15H2,1H3. The summed E-state index contributed by atoms with van der Waals surface area (Å²) >= 11 is 0. The molecule has 1 amide bonds. The Balaban J connectivity index is 2.10. The first-order valence-electron chi connectivity index (χ1n) is 6.62. The van der Waals surface area contributed by atoms with Gasteiger partial charge in [0.15, 0.2) is 0 Å². The van der Waals surface area contributed by atoms with Gasteiger partial charge in [-0.1, -0.05) is 18.9 Å². The summed E-state index contributed by atoms with van der Waals surface area (Å²) in [5.41, 5.74) is 6.33. The van der Waals surface area contributed by atoms with E-state index in [0.29, 0.717) is 18.2 Å². The van der Waals surface area contributed by atoms with Gasteiger partial charge in [0.05, 0.1) is 0 Å². The Morgan fingerprint density at radius 3 is 2.89 bits per heavy atom. The highest BCUT2D eigenvalue weighted by molar-refractivity contribution is 5.92. The molecule has 18 heavy (non-hydrogen) atoms. The van der Waals surface area contributed by atoms with Crippen molar-refractivity contribution in [3.63, 3.8) is 0 Å². The number of pyridine rings is 1. The lowest BCUT2D eigenvalue weighted by atomic mass is 9.83. The van der Waals surface area contributed by atoms with E-state index in [4.69, 9.17) is 5.73 Å². The van der Waals surface area contributed by atoms with Crippen molar-refractivity contribution < 1.29 is 4.79 Å². The molecule has 4 nitrogen and oxygen atoms in total. The number of aromatic nitrogens is 1. The van der Waals surface area contributed by atoms with Gasteiger partial charge in [-0.05, 0) is 37.4 Å². The quantitative estimate of drug-likeness (QED) is 0.884. The van der Waals surface area contributed by atoms with Crippen LogP contribution in [0.1, 0.15) is 36.2 Å². The minimum atomic E-state index is 0.000880. The zero-order valence-corrected chi connectivity index (χ0v) is 10.9. The highest BCUT2D eigenvalue weighted by Gasteiger charge is 2.30.